The van der Waals surface area contributed by atoms with Crippen molar-refractivity contribution in [3.8, 4) is 0 Å². The molecule has 0 bridgehead atoms. The summed E-state index contributed by atoms with van der Waals surface area (Å²) in [7, 11) is 3.41. The van der Waals surface area contributed by atoms with E-state index in [9.17, 15) is 0 Å². The van der Waals surface area contributed by atoms with E-state index in [-0.39, 0.29) is 0 Å². The van der Waals surface area contributed by atoms with Gasteiger partial charge in [0.15, 0.2) is 11.5 Å². The van der Waals surface area contributed by atoms with E-state index in [0.29, 0.717) is 45.2 Å². The molecular weight excluding hydrogens is 432 g/mol. The lowest BCUT2D eigenvalue weighted by molar-refractivity contribution is 0.123. The van der Waals surface area contributed by atoms with Crippen molar-refractivity contribution in [1.82, 2.24) is 14.5 Å². The van der Waals surface area contributed by atoms with Crippen LogP contribution in [0, 0.1) is 6.92 Å². The zero-order chi connectivity index (χ0) is 23.9. The number of rotatable bonds is 10. The maximum absolute atomic E-state index is 5.58. The van der Waals surface area contributed by atoms with E-state index in [4.69, 9.17) is 24.2 Å². The highest BCUT2D eigenvalue weighted by molar-refractivity contribution is 5.99. The first kappa shape index (κ1) is 24.1. The lowest BCUT2D eigenvalue weighted by Gasteiger charge is -2.29. The topological polar surface area (TPSA) is 86.0 Å². The van der Waals surface area contributed by atoms with Crippen molar-refractivity contribution in [3.05, 3.63) is 47.3 Å². The van der Waals surface area contributed by atoms with Gasteiger partial charge in [0.05, 0.1) is 37.8 Å². The summed E-state index contributed by atoms with van der Waals surface area (Å²) in [5, 5.41) is 4.63. The second kappa shape index (κ2) is 11.4. The minimum absolute atomic E-state index is 0.572. The molecule has 1 N–H and O–H groups in total. The number of imidazole rings is 1. The fraction of sp³-hybridized carbons (Fsp3) is 0.480. The first-order chi connectivity index (χ1) is 16.6. The first-order valence-electron chi connectivity index (χ1n) is 11.7. The van der Waals surface area contributed by atoms with Gasteiger partial charge < -0.3 is 23.7 Å². The zero-order valence-corrected chi connectivity index (χ0v) is 20.5. The summed E-state index contributed by atoms with van der Waals surface area (Å²) in [5.74, 6) is 1.62. The number of morpholine rings is 1. The maximum Gasteiger partial charge on any atom is 0.164 e. The van der Waals surface area contributed by atoms with E-state index in [1.807, 2.05) is 19.1 Å². The molecule has 0 unspecified atom stereocenters. The van der Waals surface area contributed by atoms with Gasteiger partial charge in [-0.3, -0.25) is 5.43 Å². The number of methoxy groups -OCH3 is 2. The Labute approximate surface area is 200 Å². The van der Waals surface area contributed by atoms with Gasteiger partial charge in [0.25, 0.3) is 0 Å². The van der Waals surface area contributed by atoms with E-state index in [0.717, 1.165) is 47.0 Å². The van der Waals surface area contributed by atoms with E-state index in [1.165, 1.54) is 5.56 Å². The molecule has 1 aliphatic rings. The van der Waals surface area contributed by atoms with Gasteiger partial charge in [0.2, 0.25) is 0 Å². The third kappa shape index (κ3) is 5.55. The van der Waals surface area contributed by atoms with Crippen molar-refractivity contribution in [2.75, 3.05) is 64.1 Å². The summed E-state index contributed by atoms with van der Waals surface area (Å²) >= 11 is 0. The van der Waals surface area contributed by atoms with Gasteiger partial charge in [-0.15, -0.1) is 0 Å². The molecule has 9 heteroatoms. The fourth-order valence-corrected chi connectivity index (χ4v) is 4.10. The monoisotopic (exact) mass is 466 g/mol. The number of nitrogens with one attached hydrogen (secondary N) is 1. The molecule has 0 atom stereocenters. The van der Waals surface area contributed by atoms with Gasteiger partial charge in [-0.05, 0) is 19.4 Å². The Morgan fingerprint density at radius 1 is 1.12 bits per heavy atom. The van der Waals surface area contributed by atoms with Crippen LogP contribution in [-0.2, 0) is 27.2 Å². The summed E-state index contributed by atoms with van der Waals surface area (Å²) in [6, 6.07) is 10.3. The molecule has 9 nitrogen and oxygen atoms in total. The van der Waals surface area contributed by atoms with Gasteiger partial charge in [0, 0.05) is 46.3 Å². The smallest absolute Gasteiger partial charge is 0.164 e. The molecule has 4 rings (SSSR count). The lowest BCUT2D eigenvalue weighted by atomic mass is 10.1. The van der Waals surface area contributed by atoms with Crippen LogP contribution in [0.15, 0.2) is 35.4 Å². The Bertz CT molecular complexity index is 1140. The van der Waals surface area contributed by atoms with Crippen molar-refractivity contribution in [2.24, 2.45) is 5.10 Å². The third-order valence-corrected chi connectivity index (χ3v) is 5.94. The molecule has 0 radical (unpaired) electrons. The number of nitrogens with zero attached hydrogens (tertiary/aromatic N) is 5. The van der Waals surface area contributed by atoms with Gasteiger partial charge in [-0.2, -0.15) is 5.10 Å². The molecule has 0 saturated carbocycles. The molecule has 3 aromatic rings. The van der Waals surface area contributed by atoms with Gasteiger partial charge in [-0.25, -0.2) is 9.97 Å². The van der Waals surface area contributed by atoms with Crippen LogP contribution >= 0.6 is 0 Å². The molecule has 1 aromatic carbocycles. The average molecular weight is 467 g/mol. The lowest BCUT2D eigenvalue weighted by Crippen LogP contribution is -2.36. The Hall–Kier alpha value is -3.01. The Morgan fingerprint density at radius 3 is 2.65 bits per heavy atom. The van der Waals surface area contributed by atoms with Crippen molar-refractivity contribution in [2.45, 2.75) is 26.8 Å². The van der Waals surface area contributed by atoms with Gasteiger partial charge in [0.1, 0.15) is 11.3 Å². The molecule has 182 valence electrons. The third-order valence-electron chi connectivity index (χ3n) is 5.94. The quantitative estimate of drug-likeness (QED) is 0.363. The Kier molecular flexibility index (Phi) is 8.10. The summed E-state index contributed by atoms with van der Waals surface area (Å²) < 4.78 is 18.4. The number of ether oxygens (including phenoxy) is 3. The number of fused-ring (bicyclic) bond motifs is 1. The SMILES string of the molecule is COCCc1nc2c(N3CCOCC3)cc(N/N=C(\C)c3cccc(C)c3)nc2n1CCOC. The number of hydrazone groups is 1. The van der Waals surface area contributed by atoms with Crippen LogP contribution in [0.5, 0.6) is 0 Å². The highest BCUT2D eigenvalue weighted by Crippen LogP contribution is 2.30. The van der Waals surface area contributed by atoms with Crippen LogP contribution in [0.1, 0.15) is 23.9 Å². The predicted octanol–water partition coefficient (Wildman–Crippen LogP) is 3.25. The predicted molar refractivity (Wildman–Crippen MR) is 135 cm³/mol. The largest absolute Gasteiger partial charge is 0.384 e. The first-order valence-corrected chi connectivity index (χ1v) is 11.7. The van der Waals surface area contributed by atoms with Crippen molar-refractivity contribution in [3.63, 3.8) is 0 Å². The summed E-state index contributed by atoms with van der Waals surface area (Å²) in [5.41, 5.74) is 9.10. The summed E-state index contributed by atoms with van der Waals surface area (Å²) in [4.78, 5) is 12.2. The van der Waals surface area contributed by atoms with Crippen LogP contribution in [0.25, 0.3) is 11.2 Å². The molecule has 0 aliphatic carbocycles. The normalized spacial score (nSPS) is 14.7. The standard InChI is InChI=1S/C25H34N6O3/c1-18-6-5-7-20(16-18)19(2)28-29-22-17-21(30-9-14-34-15-10-30)24-25(26-22)31(11-13-33-4)23(27-24)8-12-32-3/h5-7,16-17H,8-15H2,1-4H3,(H,26,29)/b28-19+. The minimum atomic E-state index is 0.572. The van der Waals surface area contributed by atoms with Crippen LogP contribution in [0.3, 0.4) is 0 Å². The molecule has 1 saturated heterocycles. The molecule has 1 fully saturated rings. The maximum atomic E-state index is 5.58. The van der Waals surface area contributed by atoms with Crippen LogP contribution in [-0.4, -0.2) is 74.0 Å². The molecule has 3 heterocycles. The number of pyridine rings is 1. The van der Waals surface area contributed by atoms with Crippen LogP contribution in [0.2, 0.25) is 0 Å². The number of anilines is 2. The molecule has 34 heavy (non-hydrogen) atoms. The van der Waals surface area contributed by atoms with E-state index < -0.39 is 0 Å². The number of hydrogen-bond donors (Lipinski definition) is 1. The zero-order valence-electron chi connectivity index (χ0n) is 20.5. The second-order valence-electron chi connectivity index (χ2n) is 8.39. The summed E-state index contributed by atoms with van der Waals surface area (Å²) in [6.45, 7) is 8.90. The number of aromatic nitrogens is 3. The van der Waals surface area contributed by atoms with E-state index in [1.54, 1.807) is 14.2 Å². The van der Waals surface area contributed by atoms with Gasteiger partial charge in [-0.1, -0.05) is 29.8 Å². The Balaban J connectivity index is 1.75. The molecule has 1 aliphatic heterocycles. The molecule has 0 spiro atoms. The van der Waals surface area contributed by atoms with E-state index >= 15 is 0 Å². The number of aryl methyl sites for hydroxylation is 1. The van der Waals surface area contributed by atoms with Gasteiger partial charge >= 0.3 is 0 Å². The van der Waals surface area contributed by atoms with Crippen molar-refractivity contribution < 1.29 is 14.2 Å². The minimum Gasteiger partial charge on any atom is -0.384 e. The van der Waals surface area contributed by atoms with E-state index in [2.05, 4.69) is 45.1 Å². The average Bonchev–Trinajstić information content (AvgIpc) is 3.21. The number of benzene rings is 1. The second-order valence-corrected chi connectivity index (χ2v) is 8.39. The molecule has 0 amide bonds. The van der Waals surface area contributed by atoms with Crippen molar-refractivity contribution in [1.29, 1.82) is 0 Å². The Morgan fingerprint density at radius 2 is 1.91 bits per heavy atom. The van der Waals surface area contributed by atoms with Crippen molar-refractivity contribution >= 4 is 28.4 Å². The molecular formula is C25H34N6O3. The number of hydrogen-bond acceptors (Lipinski definition) is 8. The highest BCUT2D eigenvalue weighted by Gasteiger charge is 2.21. The molecule has 2 aromatic heterocycles. The summed E-state index contributed by atoms with van der Waals surface area (Å²) in [6.07, 6.45) is 0.701. The van der Waals surface area contributed by atoms with Crippen LogP contribution in [0.4, 0.5) is 11.5 Å². The fourth-order valence-electron chi connectivity index (χ4n) is 4.10. The van der Waals surface area contributed by atoms with Crippen LogP contribution < -0.4 is 10.3 Å². The highest BCUT2D eigenvalue weighted by atomic mass is 16.5.